The van der Waals surface area contributed by atoms with E-state index in [4.69, 9.17) is 16.3 Å². The Balaban J connectivity index is 1.61. The molecule has 1 aliphatic rings. The second-order valence-electron chi connectivity index (χ2n) is 8.43. The number of hydrogen-bond donors (Lipinski definition) is 1. The summed E-state index contributed by atoms with van der Waals surface area (Å²) in [4.78, 5) is 13.4. The number of pyridine rings is 1. The van der Waals surface area contributed by atoms with E-state index in [0.29, 0.717) is 57.2 Å². The van der Waals surface area contributed by atoms with E-state index in [-0.39, 0.29) is 11.9 Å². The van der Waals surface area contributed by atoms with Gasteiger partial charge in [-0.15, -0.1) is 0 Å². The zero-order valence-corrected chi connectivity index (χ0v) is 19.6. The van der Waals surface area contributed by atoms with Crippen LogP contribution < -0.4 is 10.1 Å². The van der Waals surface area contributed by atoms with Gasteiger partial charge in [0.2, 0.25) is 0 Å². The number of carbonyl (C=O) groups excluding carboxylic acids is 1. The number of aryl methyl sites for hydroxylation is 1. The van der Waals surface area contributed by atoms with E-state index in [9.17, 15) is 9.18 Å². The standard InChI is InChI=1S/C27H23ClFN3O2/c1-15(2)26-18(27(33)30-21-13-14-34-23-10-5-4-7-17(21)23)11-12-22-24(16(3)31-32(22)26)25-19(28)8-6-9-20(25)29/h4-12,21H,1,13-14H2,2-3H3,(H,30,33)/t21-/m0/s1. The molecule has 1 N–H and O–H groups in total. The number of amides is 1. The van der Waals surface area contributed by atoms with E-state index >= 15 is 0 Å². The quantitative estimate of drug-likeness (QED) is 0.372. The summed E-state index contributed by atoms with van der Waals surface area (Å²) < 4.78 is 22.1. The third-order valence-electron chi connectivity index (χ3n) is 6.10. The Labute approximate surface area is 201 Å². The highest BCUT2D eigenvalue weighted by molar-refractivity contribution is 6.33. The molecule has 0 fully saturated rings. The Kier molecular flexibility index (Phi) is 5.62. The van der Waals surface area contributed by atoms with Gasteiger partial charge in [-0.25, -0.2) is 8.91 Å². The Bertz CT molecular complexity index is 1440. The summed E-state index contributed by atoms with van der Waals surface area (Å²) in [6.45, 7) is 8.23. The van der Waals surface area contributed by atoms with Crippen molar-refractivity contribution in [1.29, 1.82) is 0 Å². The molecule has 5 nitrogen and oxygen atoms in total. The molecule has 2 aromatic carbocycles. The highest BCUT2D eigenvalue weighted by Crippen LogP contribution is 2.37. The molecule has 2 aromatic heterocycles. The molecule has 7 heteroatoms. The van der Waals surface area contributed by atoms with E-state index in [2.05, 4.69) is 17.0 Å². The summed E-state index contributed by atoms with van der Waals surface area (Å²) in [7, 11) is 0. The summed E-state index contributed by atoms with van der Waals surface area (Å²) in [5.74, 6) is 0.117. The largest absolute Gasteiger partial charge is 0.493 e. The summed E-state index contributed by atoms with van der Waals surface area (Å²) in [6, 6.07) is 15.6. The van der Waals surface area contributed by atoms with Crippen molar-refractivity contribution in [2.45, 2.75) is 26.3 Å². The SMILES string of the molecule is C=C(C)c1c(C(=O)N[C@H]2CCOc3ccccc32)ccc2c(-c3c(F)cccc3Cl)c(C)nn12. The maximum absolute atomic E-state index is 14.8. The maximum atomic E-state index is 14.8. The summed E-state index contributed by atoms with van der Waals surface area (Å²) in [6.07, 6.45) is 0.671. The van der Waals surface area contributed by atoms with E-state index in [1.165, 1.54) is 6.07 Å². The Morgan fingerprint density at radius 1 is 1.18 bits per heavy atom. The fraction of sp³-hybridized carbons (Fsp3) is 0.185. The zero-order chi connectivity index (χ0) is 24.0. The summed E-state index contributed by atoms with van der Waals surface area (Å²) >= 11 is 6.36. The lowest BCUT2D eigenvalue weighted by molar-refractivity contribution is 0.0924. The average Bonchev–Trinajstić information content (AvgIpc) is 3.14. The van der Waals surface area contributed by atoms with Gasteiger partial charge in [-0.05, 0) is 49.8 Å². The molecule has 0 bridgehead atoms. The molecule has 3 heterocycles. The van der Waals surface area contributed by atoms with Gasteiger partial charge in [0.1, 0.15) is 11.6 Å². The van der Waals surface area contributed by atoms with E-state index in [1.807, 2.05) is 31.2 Å². The number of halogens is 2. The van der Waals surface area contributed by atoms with Crippen LogP contribution in [0.3, 0.4) is 0 Å². The molecule has 34 heavy (non-hydrogen) atoms. The number of benzene rings is 2. The van der Waals surface area contributed by atoms with Crippen LogP contribution in [0.15, 0.2) is 61.2 Å². The number of rotatable bonds is 4. The lowest BCUT2D eigenvalue weighted by atomic mass is 9.99. The maximum Gasteiger partial charge on any atom is 0.253 e. The average molecular weight is 476 g/mol. The molecule has 1 atom stereocenters. The van der Waals surface area contributed by atoms with Crippen LogP contribution in [0.25, 0.3) is 22.2 Å². The van der Waals surface area contributed by atoms with Crippen LogP contribution in [0.4, 0.5) is 4.39 Å². The number of aromatic nitrogens is 2. The zero-order valence-electron chi connectivity index (χ0n) is 18.9. The van der Waals surface area contributed by atoms with Crippen molar-refractivity contribution in [3.8, 4) is 16.9 Å². The van der Waals surface area contributed by atoms with Gasteiger partial charge < -0.3 is 10.1 Å². The number of ether oxygens (including phenoxy) is 1. The molecule has 0 unspecified atom stereocenters. The van der Waals surface area contributed by atoms with Gasteiger partial charge in [0.15, 0.2) is 0 Å². The molecule has 0 aliphatic carbocycles. The molecule has 0 radical (unpaired) electrons. The molecule has 0 spiro atoms. The first-order valence-corrected chi connectivity index (χ1v) is 11.4. The second kappa shape index (κ2) is 8.61. The van der Waals surface area contributed by atoms with Gasteiger partial charge in [0, 0.05) is 23.1 Å². The van der Waals surface area contributed by atoms with Crippen LogP contribution in [0.1, 0.15) is 46.7 Å². The van der Waals surface area contributed by atoms with Gasteiger partial charge in [0.25, 0.3) is 5.91 Å². The van der Waals surface area contributed by atoms with E-state index < -0.39 is 5.82 Å². The smallest absolute Gasteiger partial charge is 0.253 e. The summed E-state index contributed by atoms with van der Waals surface area (Å²) in [5, 5.41) is 8.09. The Morgan fingerprint density at radius 3 is 2.74 bits per heavy atom. The summed E-state index contributed by atoms with van der Waals surface area (Å²) in [5.41, 5.74) is 4.76. The molecule has 0 saturated carbocycles. The third-order valence-corrected chi connectivity index (χ3v) is 6.41. The minimum absolute atomic E-state index is 0.168. The minimum atomic E-state index is -0.428. The van der Waals surface area contributed by atoms with Gasteiger partial charge in [-0.2, -0.15) is 5.10 Å². The van der Waals surface area contributed by atoms with Crippen molar-refractivity contribution in [1.82, 2.24) is 14.9 Å². The monoisotopic (exact) mass is 475 g/mol. The van der Waals surface area contributed by atoms with E-state index in [1.54, 1.807) is 35.7 Å². The molecule has 0 saturated heterocycles. The highest BCUT2D eigenvalue weighted by Gasteiger charge is 2.26. The van der Waals surface area contributed by atoms with Gasteiger partial charge in [0.05, 0.1) is 40.1 Å². The van der Waals surface area contributed by atoms with Crippen LogP contribution in [0.5, 0.6) is 5.75 Å². The van der Waals surface area contributed by atoms with Crippen LogP contribution in [-0.4, -0.2) is 22.1 Å². The number of nitrogens with zero attached hydrogens (tertiary/aromatic N) is 2. The number of para-hydroxylation sites is 1. The number of carbonyl (C=O) groups is 1. The van der Waals surface area contributed by atoms with Crippen molar-refractivity contribution < 1.29 is 13.9 Å². The molecular weight excluding hydrogens is 453 g/mol. The van der Waals surface area contributed by atoms with Crippen LogP contribution >= 0.6 is 11.6 Å². The van der Waals surface area contributed by atoms with Gasteiger partial charge in [-0.1, -0.05) is 42.4 Å². The Hall–Kier alpha value is -3.64. The first-order valence-electron chi connectivity index (χ1n) is 11.0. The lowest BCUT2D eigenvalue weighted by Gasteiger charge is -2.27. The first kappa shape index (κ1) is 22.2. The predicted molar refractivity (Wildman–Crippen MR) is 132 cm³/mol. The van der Waals surface area contributed by atoms with Crippen molar-refractivity contribution in [2.24, 2.45) is 0 Å². The Morgan fingerprint density at radius 2 is 1.97 bits per heavy atom. The first-order chi connectivity index (χ1) is 16.4. The number of allylic oxidation sites excluding steroid dienone is 1. The molecule has 4 aromatic rings. The van der Waals surface area contributed by atoms with E-state index in [0.717, 1.165) is 11.3 Å². The number of nitrogens with one attached hydrogen (secondary N) is 1. The van der Waals surface area contributed by atoms with Crippen molar-refractivity contribution in [2.75, 3.05) is 6.61 Å². The third kappa shape index (κ3) is 3.64. The van der Waals surface area contributed by atoms with Crippen LogP contribution in [0.2, 0.25) is 5.02 Å². The number of hydrogen-bond acceptors (Lipinski definition) is 3. The topological polar surface area (TPSA) is 55.6 Å². The van der Waals surface area contributed by atoms with Crippen molar-refractivity contribution in [3.05, 3.63) is 94.5 Å². The fourth-order valence-electron chi connectivity index (χ4n) is 4.59. The number of fused-ring (bicyclic) bond motifs is 2. The normalized spacial score (nSPS) is 15.0. The highest BCUT2D eigenvalue weighted by atomic mass is 35.5. The molecule has 172 valence electrons. The van der Waals surface area contributed by atoms with Crippen molar-refractivity contribution >= 4 is 28.6 Å². The molecule has 1 aliphatic heterocycles. The fourth-order valence-corrected chi connectivity index (χ4v) is 4.85. The van der Waals surface area contributed by atoms with Gasteiger partial charge >= 0.3 is 0 Å². The molecule has 1 amide bonds. The van der Waals surface area contributed by atoms with Crippen LogP contribution in [-0.2, 0) is 0 Å². The lowest BCUT2D eigenvalue weighted by Crippen LogP contribution is -2.33. The second-order valence-corrected chi connectivity index (χ2v) is 8.84. The predicted octanol–water partition coefficient (Wildman–Crippen LogP) is 6.39. The van der Waals surface area contributed by atoms with Crippen molar-refractivity contribution in [3.63, 3.8) is 0 Å². The van der Waals surface area contributed by atoms with Crippen LogP contribution in [0, 0.1) is 12.7 Å². The molecule has 5 rings (SSSR count). The molecular formula is C27H23ClFN3O2. The minimum Gasteiger partial charge on any atom is -0.493 e. The van der Waals surface area contributed by atoms with Gasteiger partial charge in [-0.3, -0.25) is 4.79 Å².